The first-order chi connectivity index (χ1) is 11.5. The van der Waals surface area contributed by atoms with E-state index < -0.39 is 0 Å². The second kappa shape index (κ2) is 8.97. The first kappa shape index (κ1) is 18.7. The molecule has 1 aromatic carbocycles. The van der Waals surface area contributed by atoms with Crippen LogP contribution in [-0.2, 0) is 4.79 Å². The number of ether oxygens (including phenoxy) is 2. The van der Waals surface area contributed by atoms with E-state index in [1.165, 1.54) is 19.3 Å². The molecule has 0 spiro atoms. The second-order valence-corrected chi connectivity index (χ2v) is 6.78. The summed E-state index contributed by atoms with van der Waals surface area (Å²) >= 11 is 6.29. The number of methoxy groups -OCH3 is 1. The topological polar surface area (TPSA) is 47.6 Å². The van der Waals surface area contributed by atoms with Gasteiger partial charge in [-0.15, -0.1) is 0 Å². The molecule has 0 radical (unpaired) electrons. The molecule has 0 atom stereocenters. The number of amides is 1. The van der Waals surface area contributed by atoms with Gasteiger partial charge in [0.25, 0.3) is 0 Å². The van der Waals surface area contributed by atoms with Crippen LogP contribution in [-0.4, -0.2) is 25.2 Å². The van der Waals surface area contributed by atoms with Crippen LogP contribution >= 0.6 is 11.6 Å². The van der Waals surface area contributed by atoms with E-state index in [4.69, 9.17) is 21.1 Å². The van der Waals surface area contributed by atoms with Crippen molar-refractivity contribution in [3.63, 3.8) is 0 Å². The minimum absolute atomic E-state index is 0.000867. The van der Waals surface area contributed by atoms with Gasteiger partial charge in [0, 0.05) is 12.1 Å². The maximum absolute atomic E-state index is 12.0. The van der Waals surface area contributed by atoms with Crippen molar-refractivity contribution in [1.29, 1.82) is 0 Å². The van der Waals surface area contributed by atoms with Crippen LogP contribution in [0.4, 0.5) is 0 Å². The Morgan fingerprint density at radius 2 is 2.00 bits per heavy atom. The molecule has 2 rings (SSSR count). The number of rotatable bonds is 6. The Kier molecular flexibility index (Phi) is 6.98. The summed E-state index contributed by atoms with van der Waals surface area (Å²) in [4.78, 5) is 12.0. The van der Waals surface area contributed by atoms with Gasteiger partial charge in [-0.2, -0.15) is 0 Å². The van der Waals surface area contributed by atoms with Crippen molar-refractivity contribution < 1.29 is 14.3 Å². The molecule has 1 aliphatic rings. The van der Waals surface area contributed by atoms with Crippen molar-refractivity contribution >= 4 is 23.6 Å². The number of halogens is 1. The molecule has 1 aliphatic carbocycles. The smallest absolute Gasteiger partial charge is 0.244 e. The Labute approximate surface area is 149 Å². The number of benzene rings is 1. The first-order valence-corrected chi connectivity index (χ1v) is 8.90. The molecule has 4 nitrogen and oxygen atoms in total. The maximum atomic E-state index is 12.0. The molecule has 0 bridgehead atoms. The lowest BCUT2D eigenvalue weighted by molar-refractivity contribution is -0.117. The summed E-state index contributed by atoms with van der Waals surface area (Å²) in [6.07, 6.45) is 9.08. The van der Waals surface area contributed by atoms with E-state index in [1.807, 2.05) is 19.9 Å². The van der Waals surface area contributed by atoms with Crippen LogP contribution < -0.4 is 14.8 Å². The van der Waals surface area contributed by atoms with Gasteiger partial charge in [-0.05, 0) is 50.5 Å². The van der Waals surface area contributed by atoms with E-state index in [2.05, 4.69) is 5.32 Å². The van der Waals surface area contributed by atoms with Crippen LogP contribution in [0.25, 0.3) is 6.08 Å². The Morgan fingerprint density at radius 3 is 2.62 bits per heavy atom. The fraction of sp³-hybridized carbons (Fsp3) is 0.526. The third-order valence-corrected chi connectivity index (χ3v) is 4.26. The molecule has 0 heterocycles. The SMILES string of the molecule is COc1cc(/C=C/C(=O)NC2CCCCC2)cc(Cl)c1OC(C)C. The Hall–Kier alpha value is -1.68. The fourth-order valence-electron chi connectivity index (χ4n) is 2.85. The second-order valence-electron chi connectivity index (χ2n) is 6.38. The van der Waals surface area contributed by atoms with E-state index in [1.54, 1.807) is 25.3 Å². The molecule has 0 aliphatic heterocycles. The van der Waals surface area contributed by atoms with Gasteiger partial charge >= 0.3 is 0 Å². The quantitative estimate of drug-likeness (QED) is 0.762. The lowest BCUT2D eigenvalue weighted by atomic mass is 9.95. The molecule has 1 N–H and O–H groups in total. The van der Waals surface area contributed by atoms with Crippen LogP contribution in [0.2, 0.25) is 5.02 Å². The van der Waals surface area contributed by atoms with E-state index in [0.29, 0.717) is 22.6 Å². The molecular weight excluding hydrogens is 326 g/mol. The minimum atomic E-state index is -0.0699. The van der Waals surface area contributed by atoms with Crippen LogP contribution in [0, 0.1) is 0 Å². The van der Waals surface area contributed by atoms with Gasteiger partial charge in [0.05, 0.1) is 18.2 Å². The summed E-state index contributed by atoms with van der Waals surface area (Å²) in [5.41, 5.74) is 0.798. The molecular formula is C19H26ClNO3. The molecule has 132 valence electrons. The average Bonchev–Trinajstić information content (AvgIpc) is 2.55. The molecule has 1 saturated carbocycles. The molecule has 1 aromatic rings. The molecule has 1 amide bonds. The highest BCUT2D eigenvalue weighted by atomic mass is 35.5. The molecule has 1 fully saturated rings. The summed E-state index contributed by atoms with van der Waals surface area (Å²) in [7, 11) is 1.57. The van der Waals surface area contributed by atoms with Gasteiger partial charge < -0.3 is 14.8 Å². The fourth-order valence-corrected chi connectivity index (χ4v) is 3.12. The summed E-state index contributed by atoms with van der Waals surface area (Å²) in [5, 5.41) is 3.52. The third kappa shape index (κ3) is 5.45. The van der Waals surface area contributed by atoms with Crippen molar-refractivity contribution in [3.05, 3.63) is 28.8 Å². The number of hydrogen-bond donors (Lipinski definition) is 1. The van der Waals surface area contributed by atoms with Gasteiger partial charge in [-0.1, -0.05) is 30.9 Å². The van der Waals surface area contributed by atoms with Gasteiger partial charge in [0.2, 0.25) is 5.91 Å². The average molecular weight is 352 g/mol. The third-order valence-electron chi connectivity index (χ3n) is 3.98. The minimum Gasteiger partial charge on any atom is -0.493 e. The number of carbonyl (C=O) groups excluding carboxylic acids is 1. The molecule has 0 saturated heterocycles. The summed E-state index contributed by atoms with van der Waals surface area (Å²) in [6, 6.07) is 3.89. The van der Waals surface area contributed by atoms with Crippen LogP contribution in [0.3, 0.4) is 0 Å². The van der Waals surface area contributed by atoms with Gasteiger partial charge in [0.1, 0.15) is 0 Å². The lowest BCUT2D eigenvalue weighted by Crippen LogP contribution is -2.34. The van der Waals surface area contributed by atoms with Crippen LogP contribution in [0.1, 0.15) is 51.5 Å². The zero-order chi connectivity index (χ0) is 17.5. The molecule has 0 aromatic heterocycles. The standard InChI is InChI=1S/C19H26ClNO3/c1-13(2)24-19-16(20)11-14(12-17(19)23-3)9-10-18(22)21-15-7-5-4-6-8-15/h9-13,15H,4-8H2,1-3H3,(H,21,22)/b10-9+. The summed E-state index contributed by atoms with van der Waals surface area (Å²) < 4.78 is 11.0. The largest absolute Gasteiger partial charge is 0.493 e. The number of carbonyl (C=O) groups is 1. The highest BCUT2D eigenvalue weighted by Gasteiger charge is 2.15. The first-order valence-electron chi connectivity index (χ1n) is 8.52. The normalized spacial score (nSPS) is 15.7. The zero-order valence-corrected chi connectivity index (χ0v) is 15.4. The Balaban J connectivity index is 2.05. The highest BCUT2D eigenvalue weighted by Crippen LogP contribution is 2.37. The van der Waals surface area contributed by atoms with Crippen LogP contribution in [0.15, 0.2) is 18.2 Å². The highest BCUT2D eigenvalue weighted by molar-refractivity contribution is 6.32. The molecule has 0 unspecified atom stereocenters. The van der Waals surface area contributed by atoms with Crippen molar-refractivity contribution in [2.45, 2.75) is 58.1 Å². The van der Waals surface area contributed by atoms with E-state index >= 15 is 0 Å². The Morgan fingerprint density at radius 1 is 1.29 bits per heavy atom. The number of nitrogens with one attached hydrogen (secondary N) is 1. The van der Waals surface area contributed by atoms with E-state index in [-0.39, 0.29) is 12.0 Å². The van der Waals surface area contributed by atoms with Crippen LogP contribution in [0.5, 0.6) is 11.5 Å². The monoisotopic (exact) mass is 351 g/mol. The number of hydrogen-bond acceptors (Lipinski definition) is 3. The predicted octanol–water partition coefficient (Wildman–Crippen LogP) is 4.60. The molecule has 5 heteroatoms. The van der Waals surface area contributed by atoms with Gasteiger partial charge in [-0.25, -0.2) is 0 Å². The van der Waals surface area contributed by atoms with Crippen molar-refractivity contribution in [2.75, 3.05) is 7.11 Å². The van der Waals surface area contributed by atoms with E-state index in [0.717, 1.165) is 18.4 Å². The van der Waals surface area contributed by atoms with E-state index in [9.17, 15) is 4.79 Å². The maximum Gasteiger partial charge on any atom is 0.244 e. The molecule has 24 heavy (non-hydrogen) atoms. The lowest BCUT2D eigenvalue weighted by Gasteiger charge is -2.21. The Bertz CT molecular complexity index is 593. The van der Waals surface area contributed by atoms with Crippen molar-refractivity contribution in [3.8, 4) is 11.5 Å². The van der Waals surface area contributed by atoms with Gasteiger partial charge in [0.15, 0.2) is 11.5 Å². The van der Waals surface area contributed by atoms with Gasteiger partial charge in [-0.3, -0.25) is 4.79 Å². The van der Waals surface area contributed by atoms with Crippen molar-refractivity contribution in [1.82, 2.24) is 5.32 Å². The summed E-state index contributed by atoms with van der Waals surface area (Å²) in [5.74, 6) is 1.01. The summed E-state index contributed by atoms with van der Waals surface area (Å²) in [6.45, 7) is 3.86. The van der Waals surface area contributed by atoms with Crippen molar-refractivity contribution in [2.24, 2.45) is 0 Å². The predicted molar refractivity (Wildman–Crippen MR) is 97.8 cm³/mol. The zero-order valence-electron chi connectivity index (χ0n) is 14.6.